The van der Waals surface area contributed by atoms with Crippen molar-refractivity contribution in [1.82, 2.24) is 4.90 Å². The Labute approximate surface area is 136 Å². The molecule has 0 bridgehead atoms. The zero-order chi connectivity index (χ0) is 14.7. The van der Waals surface area contributed by atoms with E-state index >= 15 is 0 Å². The smallest absolute Gasteiger partial charge is 0.253 e. The third-order valence-electron chi connectivity index (χ3n) is 3.17. The lowest BCUT2D eigenvalue weighted by molar-refractivity contribution is 0.0744. The largest absolute Gasteiger partial charge is 0.339 e. The van der Waals surface area contributed by atoms with E-state index in [1.54, 1.807) is 34.4 Å². The Morgan fingerprint density at radius 3 is 2.80 bits per heavy atom. The van der Waals surface area contributed by atoms with Crippen molar-refractivity contribution in [2.24, 2.45) is 0 Å². The number of amides is 1. The molecule has 106 valence electrons. The molecule has 0 spiro atoms. The third kappa shape index (κ3) is 3.84. The van der Waals surface area contributed by atoms with Crippen LogP contribution in [0.1, 0.15) is 22.2 Å². The van der Waals surface area contributed by atoms with E-state index in [4.69, 9.17) is 11.6 Å². The molecule has 0 aliphatic carbocycles. The van der Waals surface area contributed by atoms with Crippen molar-refractivity contribution in [3.63, 3.8) is 0 Å². The van der Waals surface area contributed by atoms with Gasteiger partial charge in [-0.25, -0.2) is 0 Å². The number of carbonyl (C=O) groups excluding carboxylic acids is 1. The van der Waals surface area contributed by atoms with Gasteiger partial charge in [0.05, 0.1) is 0 Å². The van der Waals surface area contributed by atoms with E-state index in [0.717, 1.165) is 10.9 Å². The summed E-state index contributed by atoms with van der Waals surface area (Å²) in [4.78, 5) is 15.5. The van der Waals surface area contributed by atoms with Gasteiger partial charge in [0.1, 0.15) is 0 Å². The molecular weight excluding hydrogens is 358 g/mol. The lowest BCUT2D eigenvalue weighted by Gasteiger charge is -2.25. The van der Waals surface area contributed by atoms with Crippen molar-refractivity contribution in [3.05, 3.63) is 55.6 Å². The van der Waals surface area contributed by atoms with E-state index in [0.29, 0.717) is 10.6 Å². The Kier molecular flexibility index (Phi) is 5.24. The number of hydrogen-bond acceptors (Lipinski definition) is 2. The molecule has 0 aliphatic rings. The molecule has 0 fully saturated rings. The van der Waals surface area contributed by atoms with Gasteiger partial charge in [0, 0.05) is 39.4 Å². The van der Waals surface area contributed by atoms with Crippen LogP contribution < -0.4 is 0 Å². The minimum absolute atomic E-state index is 0.0164. The summed E-state index contributed by atoms with van der Waals surface area (Å²) in [6, 6.07) is 9.52. The molecule has 1 amide bonds. The van der Waals surface area contributed by atoms with E-state index in [2.05, 4.69) is 34.3 Å². The molecule has 0 aliphatic heterocycles. The minimum atomic E-state index is -0.0164. The molecule has 1 aromatic heterocycles. The van der Waals surface area contributed by atoms with Crippen LogP contribution in [0.4, 0.5) is 0 Å². The van der Waals surface area contributed by atoms with Crippen LogP contribution in [0.25, 0.3) is 0 Å². The Balaban J connectivity index is 2.11. The third-order valence-corrected chi connectivity index (χ3v) is 4.74. The quantitative estimate of drug-likeness (QED) is 0.750. The van der Waals surface area contributed by atoms with Gasteiger partial charge in [-0.15, -0.1) is 11.3 Å². The van der Waals surface area contributed by atoms with Gasteiger partial charge in [-0.1, -0.05) is 33.6 Å². The van der Waals surface area contributed by atoms with Crippen LogP contribution in [0.5, 0.6) is 0 Å². The molecule has 20 heavy (non-hydrogen) atoms. The second-order valence-electron chi connectivity index (χ2n) is 4.71. The van der Waals surface area contributed by atoms with Crippen LogP contribution in [0, 0.1) is 0 Å². The number of halogens is 2. The molecule has 0 radical (unpaired) electrons. The predicted octanol–water partition coefficient (Wildman–Crippen LogP) is 4.87. The number of likely N-dealkylation sites (N-methyl/N-ethyl adjacent to an activating group) is 1. The summed E-state index contributed by atoms with van der Waals surface area (Å²) in [5.41, 5.74) is 0.602. The van der Waals surface area contributed by atoms with Gasteiger partial charge in [0.25, 0.3) is 5.91 Å². The van der Waals surface area contributed by atoms with Gasteiger partial charge in [-0.3, -0.25) is 4.79 Å². The maximum absolute atomic E-state index is 12.5. The van der Waals surface area contributed by atoms with E-state index < -0.39 is 0 Å². The minimum Gasteiger partial charge on any atom is -0.339 e. The molecule has 2 rings (SSSR count). The summed E-state index contributed by atoms with van der Waals surface area (Å²) in [6.45, 7) is 2.05. The average molecular weight is 373 g/mol. The predicted molar refractivity (Wildman–Crippen MR) is 88.7 cm³/mol. The van der Waals surface area contributed by atoms with Crippen molar-refractivity contribution in [3.8, 4) is 0 Å². The van der Waals surface area contributed by atoms with Crippen molar-refractivity contribution >= 4 is 44.8 Å². The zero-order valence-corrected chi connectivity index (χ0v) is 14.4. The fourth-order valence-corrected chi connectivity index (χ4v) is 3.62. The first-order valence-corrected chi connectivity index (χ1v) is 8.28. The number of rotatable bonds is 4. The number of hydrogen-bond donors (Lipinski definition) is 0. The Bertz CT molecular complexity index is 580. The van der Waals surface area contributed by atoms with Crippen LogP contribution in [0.15, 0.2) is 40.2 Å². The van der Waals surface area contributed by atoms with Crippen LogP contribution in [-0.4, -0.2) is 23.9 Å². The van der Waals surface area contributed by atoms with Gasteiger partial charge in [0.15, 0.2) is 0 Å². The molecule has 5 heteroatoms. The average Bonchev–Trinajstić information content (AvgIpc) is 2.88. The van der Waals surface area contributed by atoms with E-state index in [1.807, 2.05) is 13.1 Å². The van der Waals surface area contributed by atoms with Gasteiger partial charge in [0.2, 0.25) is 0 Å². The monoisotopic (exact) mass is 371 g/mol. The lowest BCUT2D eigenvalue weighted by atomic mass is 10.1. The second-order valence-corrected chi connectivity index (χ2v) is 7.09. The van der Waals surface area contributed by atoms with Crippen molar-refractivity contribution in [2.75, 3.05) is 7.05 Å². The first-order valence-electron chi connectivity index (χ1n) is 6.23. The maximum atomic E-state index is 12.5. The molecule has 0 saturated carbocycles. The highest BCUT2D eigenvalue weighted by Crippen LogP contribution is 2.21. The first-order chi connectivity index (χ1) is 9.47. The molecule has 0 saturated heterocycles. The van der Waals surface area contributed by atoms with Gasteiger partial charge in [-0.2, -0.15) is 0 Å². The summed E-state index contributed by atoms with van der Waals surface area (Å²) in [7, 11) is 1.83. The lowest BCUT2D eigenvalue weighted by Crippen LogP contribution is -2.36. The molecule has 2 aromatic rings. The van der Waals surface area contributed by atoms with Crippen LogP contribution in [-0.2, 0) is 6.42 Å². The van der Waals surface area contributed by atoms with E-state index in [1.165, 1.54) is 4.88 Å². The molecule has 0 N–H and O–H groups in total. The van der Waals surface area contributed by atoms with Crippen LogP contribution >= 0.6 is 38.9 Å². The van der Waals surface area contributed by atoms with Crippen molar-refractivity contribution in [1.29, 1.82) is 0 Å². The summed E-state index contributed by atoms with van der Waals surface area (Å²) >= 11 is 11.1. The maximum Gasteiger partial charge on any atom is 0.253 e. The normalized spacial score (nSPS) is 12.2. The highest BCUT2D eigenvalue weighted by molar-refractivity contribution is 9.10. The number of benzene rings is 1. The fourth-order valence-electron chi connectivity index (χ4n) is 1.94. The topological polar surface area (TPSA) is 20.3 Å². The Hall–Kier alpha value is -0.840. The fraction of sp³-hybridized carbons (Fsp3) is 0.267. The van der Waals surface area contributed by atoms with Crippen LogP contribution in [0.2, 0.25) is 5.02 Å². The van der Waals surface area contributed by atoms with Gasteiger partial charge >= 0.3 is 0 Å². The summed E-state index contributed by atoms with van der Waals surface area (Å²) in [6.07, 6.45) is 0.863. The summed E-state index contributed by atoms with van der Waals surface area (Å²) in [5.74, 6) is -0.0164. The highest BCUT2D eigenvalue weighted by Gasteiger charge is 2.18. The second kappa shape index (κ2) is 6.74. The molecule has 1 atom stereocenters. The Morgan fingerprint density at radius 2 is 2.20 bits per heavy atom. The van der Waals surface area contributed by atoms with Gasteiger partial charge in [-0.05, 0) is 36.6 Å². The van der Waals surface area contributed by atoms with Gasteiger partial charge < -0.3 is 4.90 Å². The molecule has 1 heterocycles. The first kappa shape index (κ1) is 15.5. The summed E-state index contributed by atoms with van der Waals surface area (Å²) < 4.78 is 0.813. The standard InChI is InChI=1S/C15H15BrClNOS/c1-10(6-14-4-3-5-20-14)18(2)15(19)11-7-12(16)9-13(17)8-11/h3-5,7-10H,6H2,1-2H3. The van der Waals surface area contributed by atoms with Crippen molar-refractivity contribution < 1.29 is 4.79 Å². The molecule has 1 unspecified atom stereocenters. The zero-order valence-electron chi connectivity index (χ0n) is 11.3. The summed E-state index contributed by atoms with van der Waals surface area (Å²) in [5, 5.41) is 2.61. The van der Waals surface area contributed by atoms with E-state index in [9.17, 15) is 4.79 Å². The molecule has 1 aromatic carbocycles. The number of nitrogens with zero attached hydrogens (tertiary/aromatic N) is 1. The molecular formula is C15H15BrClNOS. The van der Waals surface area contributed by atoms with Crippen LogP contribution in [0.3, 0.4) is 0 Å². The van der Waals surface area contributed by atoms with E-state index in [-0.39, 0.29) is 11.9 Å². The SMILES string of the molecule is CC(Cc1cccs1)N(C)C(=O)c1cc(Cl)cc(Br)c1. The number of thiophene rings is 1. The molecule has 2 nitrogen and oxygen atoms in total. The Morgan fingerprint density at radius 1 is 1.45 bits per heavy atom. The number of carbonyl (C=O) groups is 1. The highest BCUT2D eigenvalue weighted by atomic mass is 79.9. The van der Waals surface area contributed by atoms with Crippen molar-refractivity contribution in [2.45, 2.75) is 19.4 Å².